The zero-order valence-electron chi connectivity index (χ0n) is 13.8. The Balaban J connectivity index is 1.78. The van der Waals surface area contributed by atoms with Crippen molar-refractivity contribution in [1.82, 2.24) is 4.90 Å². The van der Waals surface area contributed by atoms with Crippen LogP contribution in [0.25, 0.3) is 0 Å². The molecule has 0 saturated carbocycles. The van der Waals surface area contributed by atoms with E-state index in [4.69, 9.17) is 4.74 Å². The van der Waals surface area contributed by atoms with Gasteiger partial charge >= 0.3 is 0 Å². The minimum Gasteiger partial charge on any atom is -0.497 e. The van der Waals surface area contributed by atoms with Gasteiger partial charge in [-0.25, -0.2) is 4.90 Å². The molecule has 2 amide bonds. The van der Waals surface area contributed by atoms with Gasteiger partial charge < -0.3 is 4.74 Å². The predicted octanol–water partition coefficient (Wildman–Crippen LogP) is 2.46. The number of anilines is 1. The van der Waals surface area contributed by atoms with Crippen molar-refractivity contribution in [2.24, 2.45) is 0 Å². The molecule has 1 aliphatic rings. The number of nitrogens with zero attached hydrogens (tertiary/aromatic N) is 2. The van der Waals surface area contributed by atoms with Crippen molar-refractivity contribution in [2.45, 2.75) is 19.0 Å². The van der Waals surface area contributed by atoms with E-state index in [9.17, 15) is 9.59 Å². The maximum Gasteiger partial charge on any atom is 0.251 e. The van der Waals surface area contributed by atoms with Gasteiger partial charge in [0.1, 0.15) is 5.75 Å². The van der Waals surface area contributed by atoms with Gasteiger partial charge in [-0.3, -0.25) is 14.5 Å². The molecule has 1 fully saturated rings. The zero-order chi connectivity index (χ0) is 17.1. The van der Waals surface area contributed by atoms with Crippen LogP contribution < -0.4 is 9.64 Å². The summed E-state index contributed by atoms with van der Waals surface area (Å²) in [5.41, 5.74) is 1.67. The average molecular weight is 324 g/mol. The number of carbonyl (C=O) groups excluding carboxylic acids is 2. The van der Waals surface area contributed by atoms with E-state index in [1.165, 1.54) is 4.90 Å². The van der Waals surface area contributed by atoms with E-state index in [2.05, 4.69) is 0 Å². The van der Waals surface area contributed by atoms with Crippen LogP contribution in [0.1, 0.15) is 12.0 Å². The summed E-state index contributed by atoms with van der Waals surface area (Å²) in [5, 5.41) is 0. The number of hydrogen-bond donors (Lipinski definition) is 0. The number of rotatable bonds is 5. The first kappa shape index (κ1) is 16.2. The predicted molar refractivity (Wildman–Crippen MR) is 91.8 cm³/mol. The second kappa shape index (κ2) is 6.84. The van der Waals surface area contributed by atoms with Crippen LogP contribution in [0.2, 0.25) is 0 Å². The van der Waals surface area contributed by atoms with E-state index in [0.29, 0.717) is 18.0 Å². The zero-order valence-corrected chi connectivity index (χ0v) is 13.8. The first-order valence-electron chi connectivity index (χ1n) is 7.85. The molecule has 1 aliphatic heterocycles. The van der Waals surface area contributed by atoms with Gasteiger partial charge in [0.05, 0.1) is 25.3 Å². The molecule has 2 aromatic carbocycles. The molecule has 0 bridgehead atoms. The SMILES string of the molecule is COc1cccc(N2C(=O)CC(N(C)Cc3ccccc3)C2=O)c1. The lowest BCUT2D eigenvalue weighted by Crippen LogP contribution is -2.39. The molecule has 5 nitrogen and oxygen atoms in total. The summed E-state index contributed by atoms with van der Waals surface area (Å²) >= 11 is 0. The van der Waals surface area contributed by atoms with Crippen LogP contribution >= 0.6 is 0 Å². The highest BCUT2D eigenvalue weighted by molar-refractivity contribution is 6.22. The molecule has 5 heteroatoms. The highest BCUT2D eigenvalue weighted by Crippen LogP contribution is 2.28. The van der Waals surface area contributed by atoms with E-state index in [1.807, 2.05) is 42.3 Å². The summed E-state index contributed by atoms with van der Waals surface area (Å²) in [5.74, 6) is 0.249. The fraction of sp³-hybridized carbons (Fsp3) is 0.263. The molecule has 1 saturated heterocycles. The molecule has 24 heavy (non-hydrogen) atoms. The molecular formula is C19H20N2O3. The number of imide groups is 1. The van der Waals surface area contributed by atoms with Crippen molar-refractivity contribution in [3.8, 4) is 5.75 Å². The Morgan fingerprint density at radius 3 is 2.58 bits per heavy atom. The lowest BCUT2D eigenvalue weighted by molar-refractivity contribution is -0.122. The number of likely N-dealkylation sites (N-methyl/N-ethyl adjacent to an activating group) is 1. The monoisotopic (exact) mass is 324 g/mol. The summed E-state index contributed by atoms with van der Waals surface area (Å²) in [4.78, 5) is 28.3. The van der Waals surface area contributed by atoms with Gasteiger partial charge in [0.25, 0.3) is 5.91 Å². The Morgan fingerprint density at radius 1 is 1.12 bits per heavy atom. The highest BCUT2D eigenvalue weighted by Gasteiger charge is 2.41. The minimum absolute atomic E-state index is 0.182. The lowest BCUT2D eigenvalue weighted by atomic mass is 10.1. The second-order valence-corrected chi connectivity index (χ2v) is 5.89. The molecule has 1 atom stereocenters. The van der Waals surface area contributed by atoms with Gasteiger partial charge in [0, 0.05) is 12.6 Å². The van der Waals surface area contributed by atoms with Crippen molar-refractivity contribution in [2.75, 3.05) is 19.1 Å². The maximum atomic E-state index is 12.8. The molecule has 0 spiro atoms. The van der Waals surface area contributed by atoms with Gasteiger partial charge in [-0.05, 0) is 24.7 Å². The molecule has 1 heterocycles. The molecule has 124 valence electrons. The Kier molecular flexibility index (Phi) is 4.62. The summed E-state index contributed by atoms with van der Waals surface area (Å²) in [6, 6.07) is 16.5. The van der Waals surface area contributed by atoms with E-state index in [1.54, 1.807) is 31.4 Å². The van der Waals surface area contributed by atoms with Crippen LogP contribution in [0.4, 0.5) is 5.69 Å². The lowest BCUT2D eigenvalue weighted by Gasteiger charge is -2.23. The Morgan fingerprint density at radius 2 is 1.88 bits per heavy atom. The third kappa shape index (κ3) is 3.16. The Bertz CT molecular complexity index is 745. The van der Waals surface area contributed by atoms with E-state index in [-0.39, 0.29) is 18.2 Å². The number of carbonyl (C=O) groups is 2. The normalized spacial score (nSPS) is 17.6. The summed E-state index contributed by atoms with van der Waals surface area (Å²) in [6.07, 6.45) is 0.194. The van der Waals surface area contributed by atoms with Crippen LogP contribution in [0.15, 0.2) is 54.6 Å². The average Bonchev–Trinajstić information content (AvgIpc) is 2.90. The molecule has 0 N–H and O–H groups in total. The number of amides is 2. The molecular weight excluding hydrogens is 304 g/mol. The van der Waals surface area contributed by atoms with Crippen molar-refractivity contribution >= 4 is 17.5 Å². The number of ether oxygens (including phenoxy) is 1. The summed E-state index contributed by atoms with van der Waals surface area (Å²) in [7, 11) is 3.43. The standard InChI is InChI=1S/C19H20N2O3/c1-20(13-14-7-4-3-5-8-14)17-12-18(22)21(19(17)23)15-9-6-10-16(11-15)24-2/h3-11,17H,12-13H2,1-2H3. The van der Waals surface area contributed by atoms with E-state index < -0.39 is 6.04 Å². The molecule has 3 rings (SSSR count). The van der Waals surface area contributed by atoms with Crippen LogP contribution in [0, 0.1) is 0 Å². The smallest absolute Gasteiger partial charge is 0.251 e. The van der Waals surface area contributed by atoms with Gasteiger partial charge in [-0.15, -0.1) is 0 Å². The van der Waals surface area contributed by atoms with Gasteiger partial charge in [-0.2, -0.15) is 0 Å². The quantitative estimate of drug-likeness (QED) is 0.793. The van der Waals surface area contributed by atoms with Crippen molar-refractivity contribution in [3.63, 3.8) is 0 Å². The number of hydrogen-bond acceptors (Lipinski definition) is 4. The molecule has 0 aromatic heterocycles. The van der Waals surface area contributed by atoms with Gasteiger partial charge in [0.15, 0.2) is 0 Å². The first-order valence-corrected chi connectivity index (χ1v) is 7.85. The summed E-state index contributed by atoms with van der Waals surface area (Å²) < 4.78 is 5.18. The minimum atomic E-state index is -0.441. The van der Waals surface area contributed by atoms with Crippen LogP contribution in [0.3, 0.4) is 0 Å². The van der Waals surface area contributed by atoms with Gasteiger partial charge in [-0.1, -0.05) is 36.4 Å². The first-order chi connectivity index (χ1) is 11.6. The maximum absolute atomic E-state index is 12.8. The summed E-state index contributed by atoms with van der Waals surface area (Å²) in [6.45, 7) is 0.622. The van der Waals surface area contributed by atoms with E-state index in [0.717, 1.165) is 5.56 Å². The highest BCUT2D eigenvalue weighted by atomic mass is 16.5. The van der Waals surface area contributed by atoms with Crippen molar-refractivity contribution in [1.29, 1.82) is 0 Å². The molecule has 2 aromatic rings. The van der Waals surface area contributed by atoms with Crippen molar-refractivity contribution in [3.05, 3.63) is 60.2 Å². The van der Waals surface area contributed by atoms with Crippen LogP contribution in [-0.2, 0) is 16.1 Å². The Hall–Kier alpha value is -2.66. The fourth-order valence-electron chi connectivity index (χ4n) is 2.96. The molecule has 0 aliphatic carbocycles. The number of benzene rings is 2. The van der Waals surface area contributed by atoms with Crippen LogP contribution in [0.5, 0.6) is 5.75 Å². The fourth-order valence-corrected chi connectivity index (χ4v) is 2.96. The molecule has 1 unspecified atom stereocenters. The van der Waals surface area contributed by atoms with Crippen molar-refractivity contribution < 1.29 is 14.3 Å². The second-order valence-electron chi connectivity index (χ2n) is 5.89. The third-order valence-electron chi connectivity index (χ3n) is 4.24. The van der Waals surface area contributed by atoms with Crippen LogP contribution in [-0.4, -0.2) is 36.9 Å². The largest absolute Gasteiger partial charge is 0.497 e. The van der Waals surface area contributed by atoms with Gasteiger partial charge in [0.2, 0.25) is 5.91 Å². The third-order valence-corrected chi connectivity index (χ3v) is 4.24. The Labute approximate surface area is 141 Å². The topological polar surface area (TPSA) is 49.9 Å². The number of methoxy groups -OCH3 is 1. The molecule has 0 radical (unpaired) electrons. The van der Waals surface area contributed by atoms with E-state index >= 15 is 0 Å².